The number of hydrogen-bond donors (Lipinski definition) is 1. The second-order valence-electron chi connectivity index (χ2n) is 4.85. The summed E-state index contributed by atoms with van der Waals surface area (Å²) < 4.78 is 1.52. The second kappa shape index (κ2) is 6.93. The first-order valence-corrected chi connectivity index (χ1v) is 6.81. The topological polar surface area (TPSA) is 87.9 Å². The molecule has 2 aromatic rings. The molecule has 0 aliphatic rings. The third kappa shape index (κ3) is 4.09. The van der Waals surface area contributed by atoms with Crippen LogP contribution in [-0.2, 0) is 0 Å². The highest BCUT2D eigenvalue weighted by Crippen LogP contribution is 2.11. The lowest BCUT2D eigenvalue weighted by Gasteiger charge is -2.20. The summed E-state index contributed by atoms with van der Waals surface area (Å²) >= 11 is 0. The number of likely N-dealkylation sites (N-methyl/N-ethyl adjacent to an activating group) is 2. The smallest absolute Gasteiger partial charge is 0.258 e. The first-order valence-electron chi connectivity index (χ1n) is 6.81. The van der Waals surface area contributed by atoms with Crippen molar-refractivity contribution in [3.05, 3.63) is 12.7 Å². The third-order valence-corrected chi connectivity index (χ3v) is 2.79. The molecule has 0 radical (unpaired) electrons. The number of aromatic nitrogens is 6. The Kier molecular flexibility index (Phi) is 4.99. The summed E-state index contributed by atoms with van der Waals surface area (Å²) in [6.45, 7) is 4.47. The minimum absolute atomic E-state index is 0.449. The largest absolute Gasteiger partial charge is 0.354 e. The zero-order valence-electron chi connectivity index (χ0n) is 12.9. The summed E-state index contributed by atoms with van der Waals surface area (Å²) in [6, 6.07) is 0. The van der Waals surface area contributed by atoms with Crippen LogP contribution in [0, 0.1) is 0 Å². The highest BCUT2D eigenvalue weighted by molar-refractivity contribution is 5.39. The third-order valence-electron chi connectivity index (χ3n) is 2.79. The number of hydrogen-bond acceptors (Lipinski definition) is 8. The Hall–Kier alpha value is -2.29. The van der Waals surface area contributed by atoms with E-state index in [0.29, 0.717) is 17.8 Å². The Morgan fingerprint density at radius 1 is 1.14 bits per heavy atom. The van der Waals surface area contributed by atoms with Crippen molar-refractivity contribution in [2.45, 2.75) is 6.92 Å². The summed E-state index contributed by atoms with van der Waals surface area (Å²) in [5.74, 6) is 1.59. The zero-order valence-corrected chi connectivity index (χ0v) is 12.9. The van der Waals surface area contributed by atoms with Gasteiger partial charge in [-0.05, 0) is 21.0 Å². The molecule has 114 valence electrons. The standard InChI is InChI=1S/C12H21N9/c1-5-14-10-16-11(20(4)7-6-19(2)3)18-12(17-10)21-9-13-8-15-21/h8-9H,5-7H2,1-4H3,(H,14,16,17,18). The van der Waals surface area contributed by atoms with Crippen LogP contribution in [0.2, 0.25) is 0 Å². The summed E-state index contributed by atoms with van der Waals surface area (Å²) in [6.07, 6.45) is 3.01. The van der Waals surface area contributed by atoms with Gasteiger partial charge in [0.25, 0.3) is 5.95 Å². The molecule has 2 rings (SSSR count). The number of anilines is 2. The minimum Gasteiger partial charge on any atom is -0.354 e. The van der Waals surface area contributed by atoms with E-state index >= 15 is 0 Å². The average molecular weight is 291 g/mol. The van der Waals surface area contributed by atoms with E-state index in [1.807, 2.05) is 33.0 Å². The Balaban J connectivity index is 2.27. The minimum atomic E-state index is 0.449. The highest BCUT2D eigenvalue weighted by Gasteiger charge is 2.12. The lowest BCUT2D eigenvalue weighted by atomic mass is 10.5. The normalized spacial score (nSPS) is 10.9. The van der Waals surface area contributed by atoms with Crippen molar-refractivity contribution in [2.75, 3.05) is 51.0 Å². The van der Waals surface area contributed by atoms with Crippen LogP contribution in [0.15, 0.2) is 12.7 Å². The van der Waals surface area contributed by atoms with Gasteiger partial charge in [0.1, 0.15) is 12.7 Å². The molecule has 0 unspecified atom stereocenters. The first-order chi connectivity index (χ1) is 10.1. The lowest BCUT2D eigenvalue weighted by molar-refractivity contribution is 0.415. The van der Waals surface area contributed by atoms with Crippen LogP contribution in [0.5, 0.6) is 0 Å². The number of nitrogens with zero attached hydrogens (tertiary/aromatic N) is 8. The van der Waals surface area contributed by atoms with Crippen molar-refractivity contribution in [3.63, 3.8) is 0 Å². The highest BCUT2D eigenvalue weighted by atomic mass is 15.4. The molecule has 9 nitrogen and oxygen atoms in total. The molecule has 0 saturated carbocycles. The fourth-order valence-corrected chi connectivity index (χ4v) is 1.63. The lowest BCUT2D eigenvalue weighted by Crippen LogP contribution is -2.30. The van der Waals surface area contributed by atoms with Crippen molar-refractivity contribution in [2.24, 2.45) is 0 Å². The SMILES string of the molecule is CCNc1nc(N(C)CCN(C)C)nc(-n2cncn2)n1. The van der Waals surface area contributed by atoms with Crippen LogP contribution in [0.1, 0.15) is 6.92 Å². The van der Waals surface area contributed by atoms with Gasteiger partial charge in [0, 0.05) is 26.7 Å². The Labute approximate surface area is 124 Å². The van der Waals surface area contributed by atoms with E-state index in [1.165, 1.54) is 11.0 Å². The summed E-state index contributed by atoms with van der Waals surface area (Å²) in [4.78, 5) is 21.2. The van der Waals surface area contributed by atoms with Gasteiger partial charge in [-0.2, -0.15) is 24.7 Å². The molecule has 9 heteroatoms. The number of nitrogens with one attached hydrogen (secondary N) is 1. The van der Waals surface area contributed by atoms with E-state index in [0.717, 1.165) is 19.6 Å². The van der Waals surface area contributed by atoms with Crippen molar-refractivity contribution in [3.8, 4) is 5.95 Å². The van der Waals surface area contributed by atoms with Crippen LogP contribution in [0.25, 0.3) is 5.95 Å². The average Bonchev–Trinajstić information content (AvgIpc) is 2.99. The van der Waals surface area contributed by atoms with Gasteiger partial charge >= 0.3 is 0 Å². The Morgan fingerprint density at radius 3 is 2.57 bits per heavy atom. The van der Waals surface area contributed by atoms with Crippen LogP contribution < -0.4 is 10.2 Å². The maximum atomic E-state index is 4.44. The van der Waals surface area contributed by atoms with Gasteiger partial charge < -0.3 is 15.1 Å². The predicted molar refractivity (Wildman–Crippen MR) is 80.7 cm³/mol. The van der Waals surface area contributed by atoms with Crippen LogP contribution in [0.3, 0.4) is 0 Å². The van der Waals surface area contributed by atoms with Crippen molar-refractivity contribution < 1.29 is 0 Å². The molecule has 0 bridgehead atoms. The molecular weight excluding hydrogens is 270 g/mol. The van der Waals surface area contributed by atoms with Crippen LogP contribution in [-0.4, -0.2) is 75.4 Å². The van der Waals surface area contributed by atoms with E-state index in [9.17, 15) is 0 Å². The molecule has 2 heterocycles. The van der Waals surface area contributed by atoms with Crippen molar-refractivity contribution in [1.82, 2.24) is 34.6 Å². The molecular formula is C12H21N9. The van der Waals surface area contributed by atoms with Gasteiger partial charge in [0.2, 0.25) is 11.9 Å². The van der Waals surface area contributed by atoms with E-state index in [-0.39, 0.29) is 0 Å². The van der Waals surface area contributed by atoms with Gasteiger partial charge in [0.15, 0.2) is 0 Å². The number of rotatable bonds is 7. The van der Waals surface area contributed by atoms with E-state index in [4.69, 9.17) is 0 Å². The van der Waals surface area contributed by atoms with Gasteiger partial charge in [-0.25, -0.2) is 4.98 Å². The second-order valence-corrected chi connectivity index (χ2v) is 4.85. The maximum Gasteiger partial charge on any atom is 0.258 e. The monoisotopic (exact) mass is 291 g/mol. The van der Waals surface area contributed by atoms with Crippen LogP contribution >= 0.6 is 0 Å². The fourth-order valence-electron chi connectivity index (χ4n) is 1.63. The van der Waals surface area contributed by atoms with Crippen molar-refractivity contribution in [1.29, 1.82) is 0 Å². The van der Waals surface area contributed by atoms with Gasteiger partial charge in [-0.1, -0.05) is 0 Å². The molecule has 0 atom stereocenters. The van der Waals surface area contributed by atoms with Crippen LogP contribution in [0.4, 0.5) is 11.9 Å². The van der Waals surface area contributed by atoms with E-state index in [2.05, 4.69) is 35.3 Å². The first kappa shape index (κ1) is 15.1. The Bertz CT molecular complexity index is 552. The van der Waals surface area contributed by atoms with Crippen molar-refractivity contribution >= 4 is 11.9 Å². The van der Waals surface area contributed by atoms with Gasteiger partial charge in [-0.15, -0.1) is 0 Å². The molecule has 0 aliphatic heterocycles. The molecule has 21 heavy (non-hydrogen) atoms. The van der Waals surface area contributed by atoms with E-state index < -0.39 is 0 Å². The molecule has 0 amide bonds. The molecule has 0 spiro atoms. The maximum absolute atomic E-state index is 4.44. The summed E-state index contributed by atoms with van der Waals surface area (Å²) in [7, 11) is 6.03. The summed E-state index contributed by atoms with van der Waals surface area (Å²) in [5.41, 5.74) is 0. The van der Waals surface area contributed by atoms with Gasteiger partial charge in [-0.3, -0.25) is 0 Å². The molecule has 0 aliphatic carbocycles. The zero-order chi connectivity index (χ0) is 15.2. The molecule has 0 fully saturated rings. The molecule has 0 saturated heterocycles. The predicted octanol–water partition coefficient (Wildman–Crippen LogP) is -0.118. The summed E-state index contributed by atoms with van der Waals surface area (Å²) in [5, 5.41) is 7.17. The van der Waals surface area contributed by atoms with Gasteiger partial charge in [0.05, 0.1) is 0 Å². The molecule has 1 N–H and O–H groups in total. The molecule has 2 aromatic heterocycles. The van der Waals surface area contributed by atoms with E-state index in [1.54, 1.807) is 6.33 Å². The quantitative estimate of drug-likeness (QED) is 0.755. The fraction of sp³-hybridized carbons (Fsp3) is 0.583. The Morgan fingerprint density at radius 2 is 1.95 bits per heavy atom. The molecule has 0 aromatic carbocycles.